The first-order valence-electron chi connectivity index (χ1n) is 14.1. The molecule has 8 nitrogen and oxygen atoms in total. The smallest absolute Gasteiger partial charge is 0.322 e. The highest BCUT2D eigenvalue weighted by atomic mass is 32.2. The zero-order valence-electron chi connectivity index (χ0n) is 24.0. The van der Waals surface area contributed by atoms with Gasteiger partial charge in [-0.05, 0) is 66.8 Å². The molecule has 42 heavy (non-hydrogen) atoms. The number of nitrogens with zero attached hydrogens (tertiary/aromatic N) is 2. The lowest BCUT2D eigenvalue weighted by Gasteiger charge is -2.38. The van der Waals surface area contributed by atoms with Gasteiger partial charge in [-0.1, -0.05) is 37.6 Å². The SMILES string of the molecule is CCCCN(C(=O)Nc1ccc(F)cc1F)C1CCN(Cc2ccc(OCc3ccc(NS(C)(=O)=O)cc3)cc2)CC1. The molecule has 0 aromatic heterocycles. The van der Waals surface area contributed by atoms with Crippen LogP contribution in [0.4, 0.5) is 25.0 Å². The van der Waals surface area contributed by atoms with Crippen molar-refractivity contribution in [2.75, 3.05) is 35.9 Å². The molecule has 226 valence electrons. The van der Waals surface area contributed by atoms with E-state index in [2.05, 4.69) is 21.9 Å². The highest BCUT2D eigenvalue weighted by Crippen LogP contribution is 2.23. The molecular weight excluding hydrogens is 562 g/mol. The lowest BCUT2D eigenvalue weighted by molar-refractivity contribution is 0.122. The second kappa shape index (κ2) is 14.5. The van der Waals surface area contributed by atoms with Gasteiger partial charge in [0.25, 0.3) is 0 Å². The number of piperidine rings is 1. The number of urea groups is 1. The van der Waals surface area contributed by atoms with Gasteiger partial charge in [0, 0.05) is 44.0 Å². The number of amides is 2. The standard InChI is InChI=1S/C31H38F2N4O4S/c1-3-4-17-37(31(38)34-30-14-9-25(32)20-29(30)33)27-15-18-36(19-16-27)21-23-7-12-28(13-8-23)41-22-24-5-10-26(11-6-24)35-42(2,39)40/h5-14,20,27,35H,3-4,15-19,21-22H2,1-2H3,(H,34,38). The third-order valence-electron chi connectivity index (χ3n) is 7.18. The highest BCUT2D eigenvalue weighted by Gasteiger charge is 2.28. The number of benzene rings is 3. The van der Waals surface area contributed by atoms with Crippen LogP contribution in [0, 0.1) is 11.6 Å². The molecule has 1 aliphatic rings. The van der Waals surface area contributed by atoms with E-state index in [-0.39, 0.29) is 17.8 Å². The monoisotopic (exact) mass is 600 g/mol. The fourth-order valence-corrected chi connectivity index (χ4v) is 5.51. The third kappa shape index (κ3) is 9.42. The zero-order valence-corrected chi connectivity index (χ0v) is 24.8. The molecule has 0 saturated carbocycles. The maximum Gasteiger partial charge on any atom is 0.322 e. The highest BCUT2D eigenvalue weighted by molar-refractivity contribution is 7.92. The van der Waals surface area contributed by atoms with Gasteiger partial charge in [0.2, 0.25) is 10.0 Å². The van der Waals surface area contributed by atoms with Gasteiger partial charge < -0.3 is 15.0 Å². The number of nitrogens with one attached hydrogen (secondary N) is 2. The van der Waals surface area contributed by atoms with Crippen LogP contribution in [0.2, 0.25) is 0 Å². The van der Waals surface area contributed by atoms with Crippen LogP contribution in [-0.2, 0) is 23.2 Å². The molecule has 1 heterocycles. The van der Waals surface area contributed by atoms with Crippen LogP contribution in [-0.4, -0.2) is 56.2 Å². The van der Waals surface area contributed by atoms with E-state index >= 15 is 0 Å². The summed E-state index contributed by atoms with van der Waals surface area (Å²) in [6.07, 6.45) is 4.51. The number of unbranched alkanes of at least 4 members (excludes halogenated alkanes) is 1. The minimum Gasteiger partial charge on any atom is -0.489 e. The fourth-order valence-electron chi connectivity index (χ4n) is 4.94. The molecule has 2 amide bonds. The average Bonchev–Trinajstić information content (AvgIpc) is 2.95. The molecule has 2 N–H and O–H groups in total. The van der Waals surface area contributed by atoms with Gasteiger partial charge in [-0.15, -0.1) is 0 Å². The molecule has 0 bridgehead atoms. The quantitative estimate of drug-likeness (QED) is 0.258. The van der Waals surface area contributed by atoms with Gasteiger partial charge in [0.15, 0.2) is 0 Å². The summed E-state index contributed by atoms with van der Waals surface area (Å²) in [5.74, 6) is -0.731. The van der Waals surface area contributed by atoms with Crippen LogP contribution in [0.3, 0.4) is 0 Å². The summed E-state index contributed by atoms with van der Waals surface area (Å²) in [5, 5.41) is 2.63. The number of carbonyl (C=O) groups excluding carboxylic acids is 1. The molecule has 0 spiro atoms. The summed E-state index contributed by atoms with van der Waals surface area (Å²) in [6.45, 7) is 5.44. The number of likely N-dealkylation sites (tertiary alicyclic amines) is 1. The largest absolute Gasteiger partial charge is 0.489 e. The van der Waals surface area contributed by atoms with Crippen molar-refractivity contribution in [2.24, 2.45) is 0 Å². The Balaban J connectivity index is 1.25. The number of rotatable bonds is 12. The molecule has 3 aromatic rings. The maximum atomic E-state index is 14.1. The van der Waals surface area contributed by atoms with Crippen LogP contribution in [0.15, 0.2) is 66.7 Å². The number of hydrogen-bond acceptors (Lipinski definition) is 5. The zero-order chi connectivity index (χ0) is 30.1. The van der Waals surface area contributed by atoms with E-state index in [0.717, 1.165) is 80.6 Å². The van der Waals surface area contributed by atoms with Crippen molar-refractivity contribution in [1.82, 2.24) is 9.80 Å². The topological polar surface area (TPSA) is 91.0 Å². The van der Waals surface area contributed by atoms with Crippen molar-refractivity contribution >= 4 is 27.4 Å². The normalized spacial score (nSPS) is 14.4. The van der Waals surface area contributed by atoms with Crippen LogP contribution in [0.25, 0.3) is 0 Å². The first kappa shape index (κ1) is 31.2. The summed E-state index contributed by atoms with van der Waals surface area (Å²) < 4.78 is 58.4. The number of halogens is 2. The van der Waals surface area contributed by atoms with E-state index in [1.165, 1.54) is 6.07 Å². The molecule has 0 atom stereocenters. The van der Waals surface area contributed by atoms with Crippen LogP contribution in [0.5, 0.6) is 5.75 Å². The first-order valence-corrected chi connectivity index (χ1v) is 16.0. The Morgan fingerprint density at radius 3 is 2.29 bits per heavy atom. The second-order valence-electron chi connectivity index (χ2n) is 10.6. The van der Waals surface area contributed by atoms with Crippen molar-refractivity contribution in [1.29, 1.82) is 0 Å². The van der Waals surface area contributed by atoms with Gasteiger partial charge in [0.1, 0.15) is 24.0 Å². The summed E-state index contributed by atoms with van der Waals surface area (Å²) in [7, 11) is -3.31. The second-order valence-corrected chi connectivity index (χ2v) is 12.4. The van der Waals surface area contributed by atoms with Crippen LogP contribution < -0.4 is 14.8 Å². The molecule has 1 fully saturated rings. The number of ether oxygens (including phenoxy) is 1. The Hall–Kier alpha value is -3.70. The number of carbonyl (C=O) groups is 1. The molecule has 0 unspecified atom stereocenters. The number of anilines is 2. The van der Waals surface area contributed by atoms with Crippen LogP contribution in [0.1, 0.15) is 43.7 Å². The summed E-state index contributed by atoms with van der Waals surface area (Å²) in [5.41, 5.74) is 2.56. The van der Waals surface area contributed by atoms with Gasteiger partial charge >= 0.3 is 6.03 Å². The minimum atomic E-state index is -3.31. The Morgan fingerprint density at radius 1 is 1.00 bits per heavy atom. The predicted molar refractivity (Wildman–Crippen MR) is 161 cm³/mol. The molecule has 0 aliphatic carbocycles. The van der Waals surface area contributed by atoms with E-state index in [1.54, 1.807) is 17.0 Å². The lowest BCUT2D eigenvalue weighted by atomic mass is 10.0. The molecule has 11 heteroatoms. The number of hydrogen-bond donors (Lipinski definition) is 2. The summed E-state index contributed by atoms with van der Waals surface area (Å²) >= 11 is 0. The van der Waals surface area contributed by atoms with E-state index in [1.807, 2.05) is 36.4 Å². The Morgan fingerprint density at radius 2 is 1.67 bits per heavy atom. The van der Waals surface area contributed by atoms with E-state index in [9.17, 15) is 22.0 Å². The first-order chi connectivity index (χ1) is 20.1. The maximum absolute atomic E-state index is 14.1. The average molecular weight is 601 g/mol. The van der Waals surface area contributed by atoms with E-state index in [0.29, 0.717) is 18.8 Å². The van der Waals surface area contributed by atoms with E-state index < -0.39 is 21.7 Å². The molecule has 3 aromatic carbocycles. The summed E-state index contributed by atoms with van der Waals surface area (Å²) in [4.78, 5) is 17.2. The van der Waals surface area contributed by atoms with E-state index in [4.69, 9.17) is 4.74 Å². The van der Waals surface area contributed by atoms with Crippen molar-refractivity contribution in [3.05, 3.63) is 89.5 Å². The van der Waals surface area contributed by atoms with Gasteiger partial charge in [0.05, 0.1) is 11.9 Å². The molecule has 0 radical (unpaired) electrons. The minimum absolute atomic E-state index is 0.0208. The third-order valence-corrected chi connectivity index (χ3v) is 7.78. The fraction of sp³-hybridized carbons (Fsp3) is 0.387. The summed E-state index contributed by atoms with van der Waals surface area (Å²) in [6, 6.07) is 17.8. The lowest BCUT2D eigenvalue weighted by Crippen LogP contribution is -2.49. The van der Waals surface area contributed by atoms with Crippen LogP contribution >= 0.6 is 0 Å². The Labute approximate surface area is 246 Å². The van der Waals surface area contributed by atoms with Gasteiger partial charge in [-0.3, -0.25) is 9.62 Å². The molecular formula is C31H38F2N4O4S. The van der Waals surface area contributed by atoms with Gasteiger partial charge in [-0.2, -0.15) is 0 Å². The number of sulfonamides is 1. The molecule has 1 saturated heterocycles. The van der Waals surface area contributed by atoms with Crippen molar-refractivity contribution in [2.45, 2.75) is 51.8 Å². The van der Waals surface area contributed by atoms with Crippen molar-refractivity contribution < 1.29 is 26.7 Å². The van der Waals surface area contributed by atoms with Crippen molar-refractivity contribution in [3.63, 3.8) is 0 Å². The molecule has 1 aliphatic heterocycles. The van der Waals surface area contributed by atoms with Crippen molar-refractivity contribution in [3.8, 4) is 5.75 Å². The predicted octanol–water partition coefficient (Wildman–Crippen LogP) is 6.21. The molecule has 4 rings (SSSR count). The Kier molecular flexibility index (Phi) is 10.8. The van der Waals surface area contributed by atoms with Gasteiger partial charge in [-0.25, -0.2) is 22.0 Å². The Bertz CT molecular complexity index is 1430.